The van der Waals surface area contributed by atoms with Crippen LogP contribution in [0, 0.1) is 0 Å². The maximum absolute atomic E-state index is 12.3. The molecule has 0 unspecified atom stereocenters. The number of halogens is 2. The molecule has 4 rings (SSSR count). The quantitative estimate of drug-likeness (QED) is 0.379. The number of hydrogen-bond donors (Lipinski definition) is 0. The Hall–Kier alpha value is -2.56. The molecule has 142 valence electrons. The van der Waals surface area contributed by atoms with Crippen LogP contribution < -0.4 is 0 Å². The van der Waals surface area contributed by atoms with Crippen molar-refractivity contribution < 1.29 is 9.53 Å². The number of nitrogens with zero attached hydrogens (tertiary/aromatic N) is 2. The third kappa shape index (κ3) is 3.46. The maximum atomic E-state index is 12.3. The number of aromatic nitrogens is 2. The average molecular weight is 413 g/mol. The van der Waals surface area contributed by atoms with E-state index in [-0.39, 0.29) is 6.10 Å². The number of pyridine rings is 1. The maximum Gasteiger partial charge on any atom is 0.357 e. The van der Waals surface area contributed by atoms with Crippen molar-refractivity contribution >= 4 is 51.0 Å². The van der Waals surface area contributed by atoms with Gasteiger partial charge in [0.2, 0.25) is 0 Å². The molecule has 0 atom stereocenters. The number of benzene rings is 2. The van der Waals surface area contributed by atoms with Crippen LogP contribution in [0.25, 0.3) is 21.8 Å². The van der Waals surface area contributed by atoms with Crippen LogP contribution in [0.3, 0.4) is 0 Å². The molecule has 0 aliphatic carbocycles. The van der Waals surface area contributed by atoms with E-state index < -0.39 is 5.97 Å². The summed E-state index contributed by atoms with van der Waals surface area (Å²) < 4.78 is 7.42. The molecule has 0 aliphatic rings. The van der Waals surface area contributed by atoms with Crippen molar-refractivity contribution in [2.45, 2.75) is 26.5 Å². The van der Waals surface area contributed by atoms with Gasteiger partial charge in [-0.15, -0.1) is 0 Å². The van der Waals surface area contributed by atoms with Crippen LogP contribution in [-0.4, -0.2) is 21.6 Å². The second kappa shape index (κ2) is 7.46. The molecule has 0 spiro atoms. The van der Waals surface area contributed by atoms with Gasteiger partial charge in [-0.25, -0.2) is 9.78 Å². The second-order valence-electron chi connectivity index (χ2n) is 6.88. The number of rotatable bonds is 4. The number of hydrogen-bond acceptors (Lipinski definition) is 3. The predicted octanol–water partition coefficient (Wildman–Crippen LogP) is 6.11. The first-order chi connectivity index (χ1) is 13.4. The Labute approximate surface area is 172 Å². The number of para-hydroxylation sites is 1. The molecule has 4 nitrogen and oxygen atoms in total. The van der Waals surface area contributed by atoms with E-state index in [1.165, 1.54) is 0 Å². The van der Waals surface area contributed by atoms with Gasteiger partial charge in [0.15, 0.2) is 0 Å². The molecular weight excluding hydrogens is 395 g/mol. The van der Waals surface area contributed by atoms with Crippen molar-refractivity contribution in [3.63, 3.8) is 0 Å². The Bertz CT molecular complexity index is 1200. The highest BCUT2D eigenvalue weighted by molar-refractivity contribution is 6.33. The SMILES string of the molecule is CC(C)OC(=O)c1cc2c3ccccc3n(Cc3cc(Cl)ccc3Cl)c2cn1. The van der Waals surface area contributed by atoms with E-state index in [4.69, 9.17) is 27.9 Å². The van der Waals surface area contributed by atoms with Crippen LogP contribution >= 0.6 is 23.2 Å². The summed E-state index contributed by atoms with van der Waals surface area (Å²) >= 11 is 12.5. The fourth-order valence-corrected chi connectivity index (χ4v) is 3.71. The highest BCUT2D eigenvalue weighted by Crippen LogP contribution is 2.31. The standard InChI is InChI=1S/C22H18Cl2N2O2/c1-13(2)28-22(27)19-10-17-16-5-3-4-6-20(16)26(21(17)11-25-19)12-14-9-15(23)7-8-18(14)24/h3-11,13H,12H2,1-2H3. The molecular formula is C22H18Cl2N2O2. The summed E-state index contributed by atoms with van der Waals surface area (Å²) in [7, 11) is 0. The molecule has 28 heavy (non-hydrogen) atoms. The zero-order valence-electron chi connectivity index (χ0n) is 15.4. The third-order valence-electron chi connectivity index (χ3n) is 4.55. The number of carbonyl (C=O) groups is 1. The number of carbonyl (C=O) groups excluding carboxylic acids is 1. The smallest absolute Gasteiger partial charge is 0.357 e. The van der Waals surface area contributed by atoms with E-state index in [1.807, 2.05) is 44.2 Å². The molecule has 0 bridgehead atoms. The van der Waals surface area contributed by atoms with Gasteiger partial charge in [0.05, 0.1) is 17.8 Å². The fourth-order valence-electron chi connectivity index (χ4n) is 3.34. The van der Waals surface area contributed by atoms with E-state index in [9.17, 15) is 4.79 Å². The van der Waals surface area contributed by atoms with Gasteiger partial charge < -0.3 is 9.30 Å². The molecule has 0 amide bonds. The van der Waals surface area contributed by atoms with Gasteiger partial charge in [-0.2, -0.15) is 0 Å². The minimum absolute atomic E-state index is 0.198. The zero-order chi connectivity index (χ0) is 19.8. The normalized spacial score (nSPS) is 11.5. The summed E-state index contributed by atoms with van der Waals surface area (Å²) in [6.07, 6.45) is 1.52. The van der Waals surface area contributed by atoms with E-state index in [0.717, 1.165) is 27.4 Å². The molecule has 4 aromatic rings. The van der Waals surface area contributed by atoms with Crippen molar-refractivity contribution in [2.24, 2.45) is 0 Å². The highest BCUT2D eigenvalue weighted by Gasteiger charge is 2.17. The van der Waals surface area contributed by atoms with Crippen LogP contribution in [0.4, 0.5) is 0 Å². The third-order valence-corrected chi connectivity index (χ3v) is 5.15. The van der Waals surface area contributed by atoms with Gasteiger partial charge in [0, 0.05) is 32.9 Å². The fraction of sp³-hybridized carbons (Fsp3) is 0.182. The van der Waals surface area contributed by atoms with Crippen LogP contribution in [0.5, 0.6) is 0 Å². The summed E-state index contributed by atoms with van der Waals surface area (Å²) in [5, 5.41) is 3.27. The van der Waals surface area contributed by atoms with Crippen molar-refractivity contribution in [1.29, 1.82) is 0 Å². The van der Waals surface area contributed by atoms with E-state index in [1.54, 1.807) is 24.4 Å². The Morgan fingerprint density at radius 3 is 2.64 bits per heavy atom. The minimum atomic E-state index is -0.424. The van der Waals surface area contributed by atoms with Crippen molar-refractivity contribution in [3.05, 3.63) is 76.0 Å². The van der Waals surface area contributed by atoms with Gasteiger partial charge in [-0.05, 0) is 49.7 Å². The van der Waals surface area contributed by atoms with Crippen LogP contribution in [0.2, 0.25) is 10.0 Å². The van der Waals surface area contributed by atoms with Gasteiger partial charge in [0.1, 0.15) is 5.69 Å². The van der Waals surface area contributed by atoms with E-state index >= 15 is 0 Å². The topological polar surface area (TPSA) is 44.1 Å². The number of esters is 1. The highest BCUT2D eigenvalue weighted by atomic mass is 35.5. The molecule has 0 saturated carbocycles. The van der Waals surface area contributed by atoms with E-state index in [2.05, 4.69) is 9.55 Å². The summed E-state index contributed by atoms with van der Waals surface area (Å²) in [5.74, 6) is -0.424. The molecule has 0 fully saturated rings. The summed E-state index contributed by atoms with van der Waals surface area (Å²) in [4.78, 5) is 16.6. The Morgan fingerprint density at radius 1 is 1.07 bits per heavy atom. The second-order valence-corrected chi connectivity index (χ2v) is 7.72. The lowest BCUT2D eigenvalue weighted by Gasteiger charge is -2.10. The first-order valence-corrected chi connectivity index (χ1v) is 9.71. The van der Waals surface area contributed by atoms with Gasteiger partial charge >= 0.3 is 5.97 Å². The van der Waals surface area contributed by atoms with Crippen molar-refractivity contribution in [2.75, 3.05) is 0 Å². The van der Waals surface area contributed by atoms with Gasteiger partial charge in [0.25, 0.3) is 0 Å². The largest absolute Gasteiger partial charge is 0.458 e. The summed E-state index contributed by atoms with van der Waals surface area (Å²) in [6, 6.07) is 15.3. The minimum Gasteiger partial charge on any atom is -0.458 e. The lowest BCUT2D eigenvalue weighted by molar-refractivity contribution is 0.0371. The van der Waals surface area contributed by atoms with Gasteiger partial charge in [-0.3, -0.25) is 0 Å². The molecule has 6 heteroatoms. The number of fused-ring (bicyclic) bond motifs is 3. The molecule has 2 heterocycles. The molecule has 2 aromatic carbocycles. The zero-order valence-corrected chi connectivity index (χ0v) is 17.0. The molecule has 0 radical (unpaired) electrons. The van der Waals surface area contributed by atoms with Crippen LogP contribution in [0.1, 0.15) is 29.9 Å². The summed E-state index contributed by atoms with van der Waals surface area (Å²) in [6.45, 7) is 4.18. The van der Waals surface area contributed by atoms with Gasteiger partial charge in [-0.1, -0.05) is 41.4 Å². The lowest BCUT2D eigenvalue weighted by Crippen LogP contribution is -2.13. The van der Waals surface area contributed by atoms with Crippen LogP contribution in [0.15, 0.2) is 54.7 Å². The van der Waals surface area contributed by atoms with Crippen molar-refractivity contribution in [3.8, 4) is 0 Å². The summed E-state index contributed by atoms with van der Waals surface area (Å²) in [5.41, 5.74) is 3.16. The Kier molecular flexibility index (Phi) is 5.00. The van der Waals surface area contributed by atoms with Crippen molar-refractivity contribution in [1.82, 2.24) is 9.55 Å². The monoisotopic (exact) mass is 412 g/mol. The van der Waals surface area contributed by atoms with Crippen LogP contribution in [-0.2, 0) is 11.3 Å². The Morgan fingerprint density at radius 2 is 1.86 bits per heavy atom. The lowest BCUT2D eigenvalue weighted by atomic mass is 10.1. The first kappa shape index (κ1) is 18.8. The predicted molar refractivity (Wildman–Crippen MR) is 113 cm³/mol. The Balaban J connectivity index is 1.88. The number of ether oxygens (including phenoxy) is 1. The molecule has 0 saturated heterocycles. The first-order valence-electron chi connectivity index (χ1n) is 8.96. The molecule has 2 aromatic heterocycles. The average Bonchev–Trinajstić information content (AvgIpc) is 2.97. The molecule has 0 aliphatic heterocycles. The molecule has 0 N–H and O–H groups in total. The van der Waals surface area contributed by atoms with E-state index in [0.29, 0.717) is 22.3 Å².